The average molecular weight is 386 g/mol. The highest BCUT2D eigenvalue weighted by Crippen LogP contribution is 2.20. The van der Waals surface area contributed by atoms with Gasteiger partial charge in [-0.15, -0.1) is 0 Å². The summed E-state index contributed by atoms with van der Waals surface area (Å²) in [5.41, 5.74) is 2.86. The predicted octanol–water partition coefficient (Wildman–Crippen LogP) is 4.41. The average Bonchev–Trinajstić information content (AvgIpc) is 2.74. The van der Waals surface area contributed by atoms with Gasteiger partial charge >= 0.3 is 0 Å². The molecule has 5 nitrogen and oxygen atoms in total. The van der Waals surface area contributed by atoms with Crippen molar-refractivity contribution in [2.75, 3.05) is 12.4 Å². The molecule has 0 fully saturated rings. The Labute approximate surface area is 170 Å². The van der Waals surface area contributed by atoms with Crippen molar-refractivity contribution in [3.63, 3.8) is 0 Å². The van der Waals surface area contributed by atoms with Gasteiger partial charge in [-0.3, -0.25) is 9.59 Å². The first-order valence-electron chi connectivity index (χ1n) is 9.16. The third-order valence-electron chi connectivity index (χ3n) is 4.24. The molecule has 3 aromatic carbocycles. The second-order valence-electron chi connectivity index (χ2n) is 6.44. The van der Waals surface area contributed by atoms with Gasteiger partial charge in [0.05, 0.1) is 7.11 Å². The number of rotatable bonds is 6. The van der Waals surface area contributed by atoms with Crippen LogP contribution < -0.4 is 15.4 Å². The molecule has 0 spiro atoms. The van der Waals surface area contributed by atoms with Crippen LogP contribution >= 0.6 is 0 Å². The molecule has 0 atom stereocenters. The lowest BCUT2D eigenvalue weighted by Gasteiger charge is -2.12. The first-order valence-corrected chi connectivity index (χ1v) is 9.16. The monoisotopic (exact) mass is 386 g/mol. The van der Waals surface area contributed by atoms with Gasteiger partial charge in [0, 0.05) is 16.8 Å². The van der Waals surface area contributed by atoms with Gasteiger partial charge in [-0.05, 0) is 43.3 Å². The number of carbonyl (C=O) groups excluding carboxylic acids is 2. The number of aryl methyl sites for hydroxylation is 1. The fourth-order valence-electron chi connectivity index (χ4n) is 2.80. The lowest BCUT2D eigenvalue weighted by Crippen LogP contribution is -2.30. The topological polar surface area (TPSA) is 67.4 Å². The van der Waals surface area contributed by atoms with Crippen LogP contribution in [0.1, 0.15) is 21.5 Å². The Balaban J connectivity index is 1.93. The Bertz CT molecular complexity index is 1040. The number of carbonyl (C=O) groups is 2. The van der Waals surface area contributed by atoms with E-state index in [9.17, 15) is 9.59 Å². The Hall–Kier alpha value is -3.86. The van der Waals surface area contributed by atoms with Crippen molar-refractivity contribution in [3.05, 3.63) is 101 Å². The van der Waals surface area contributed by atoms with Gasteiger partial charge in [0.15, 0.2) is 0 Å². The number of hydrogen-bond acceptors (Lipinski definition) is 3. The molecule has 3 aromatic rings. The molecular formula is C24H22N2O3. The van der Waals surface area contributed by atoms with Gasteiger partial charge in [0.2, 0.25) is 0 Å². The molecular weight excluding hydrogens is 364 g/mol. The zero-order chi connectivity index (χ0) is 20.6. The minimum absolute atomic E-state index is 0.116. The van der Waals surface area contributed by atoms with Crippen LogP contribution in [0.4, 0.5) is 5.69 Å². The van der Waals surface area contributed by atoms with Crippen molar-refractivity contribution in [3.8, 4) is 5.75 Å². The molecule has 0 aliphatic heterocycles. The van der Waals surface area contributed by atoms with Crippen LogP contribution in [0.3, 0.4) is 0 Å². The van der Waals surface area contributed by atoms with E-state index >= 15 is 0 Å². The SMILES string of the molecule is COc1ccccc1/C=C(\NC(=O)c1cccc(C)c1)C(=O)Nc1ccccc1. The highest BCUT2D eigenvalue weighted by atomic mass is 16.5. The quantitative estimate of drug-likeness (QED) is 0.617. The molecule has 0 aliphatic rings. The van der Waals surface area contributed by atoms with Gasteiger partial charge < -0.3 is 15.4 Å². The molecule has 0 radical (unpaired) electrons. The zero-order valence-corrected chi connectivity index (χ0v) is 16.3. The van der Waals surface area contributed by atoms with Crippen LogP contribution in [0, 0.1) is 6.92 Å². The number of ether oxygens (including phenoxy) is 1. The Morgan fingerprint density at radius 1 is 0.897 bits per heavy atom. The molecule has 5 heteroatoms. The molecule has 2 N–H and O–H groups in total. The second-order valence-corrected chi connectivity index (χ2v) is 6.44. The summed E-state index contributed by atoms with van der Waals surface area (Å²) >= 11 is 0. The smallest absolute Gasteiger partial charge is 0.272 e. The van der Waals surface area contributed by atoms with E-state index in [0.29, 0.717) is 22.6 Å². The van der Waals surface area contributed by atoms with E-state index in [1.165, 1.54) is 0 Å². The number of nitrogens with one attached hydrogen (secondary N) is 2. The standard InChI is InChI=1S/C24H22N2O3/c1-17-9-8-11-19(15-17)23(27)26-21(16-18-10-6-7-14-22(18)29-2)24(28)25-20-12-4-3-5-13-20/h3-16H,1-2H3,(H,25,28)(H,26,27)/b21-16-. The van der Waals surface area contributed by atoms with Crippen molar-refractivity contribution in [2.45, 2.75) is 6.92 Å². The third-order valence-corrected chi connectivity index (χ3v) is 4.24. The zero-order valence-electron chi connectivity index (χ0n) is 16.3. The lowest BCUT2D eigenvalue weighted by molar-refractivity contribution is -0.113. The summed E-state index contributed by atoms with van der Waals surface area (Å²) in [7, 11) is 1.56. The summed E-state index contributed by atoms with van der Waals surface area (Å²) in [6.07, 6.45) is 1.60. The lowest BCUT2D eigenvalue weighted by atomic mass is 10.1. The molecule has 2 amide bonds. The summed E-state index contributed by atoms with van der Waals surface area (Å²) in [5.74, 6) is -0.191. The number of benzene rings is 3. The highest BCUT2D eigenvalue weighted by Gasteiger charge is 2.16. The first kappa shape index (κ1) is 19.9. The van der Waals surface area contributed by atoms with E-state index in [4.69, 9.17) is 4.74 Å². The van der Waals surface area contributed by atoms with E-state index in [0.717, 1.165) is 5.56 Å². The molecule has 0 aromatic heterocycles. The summed E-state index contributed by atoms with van der Waals surface area (Å²) in [6.45, 7) is 1.91. The van der Waals surface area contributed by atoms with Crippen LogP contribution in [-0.4, -0.2) is 18.9 Å². The summed E-state index contributed by atoms with van der Waals surface area (Å²) in [4.78, 5) is 25.7. The Morgan fingerprint density at radius 2 is 1.62 bits per heavy atom. The van der Waals surface area contributed by atoms with Crippen molar-refractivity contribution in [1.29, 1.82) is 0 Å². The van der Waals surface area contributed by atoms with Crippen LogP contribution in [0.2, 0.25) is 0 Å². The fourth-order valence-corrected chi connectivity index (χ4v) is 2.80. The predicted molar refractivity (Wildman–Crippen MR) is 115 cm³/mol. The molecule has 0 saturated carbocycles. The van der Waals surface area contributed by atoms with Crippen LogP contribution in [0.15, 0.2) is 84.6 Å². The number of para-hydroxylation sites is 2. The normalized spacial score (nSPS) is 10.9. The second kappa shape index (κ2) is 9.37. The van der Waals surface area contributed by atoms with Crippen molar-refractivity contribution < 1.29 is 14.3 Å². The maximum absolute atomic E-state index is 12.9. The maximum Gasteiger partial charge on any atom is 0.272 e. The minimum Gasteiger partial charge on any atom is -0.496 e. The van der Waals surface area contributed by atoms with E-state index in [-0.39, 0.29) is 11.6 Å². The summed E-state index contributed by atoms with van der Waals surface area (Å²) in [5, 5.41) is 5.54. The Morgan fingerprint density at radius 3 is 2.34 bits per heavy atom. The summed E-state index contributed by atoms with van der Waals surface area (Å²) < 4.78 is 5.36. The van der Waals surface area contributed by atoms with Crippen LogP contribution in [0.5, 0.6) is 5.75 Å². The molecule has 0 aliphatic carbocycles. The fraction of sp³-hybridized carbons (Fsp3) is 0.0833. The van der Waals surface area contributed by atoms with Crippen molar-refractivity contribution in [1.82, 2.24) is 5.32 Å². The third kappa shape index (κ3) is 5.32. The molecule has 3 rings (SSSR count). The molecule has 0 bridgehead atoms. The summed E-state index contributed by atoms with van der Waals surface area (Å²) in [6, 6.07) is 23.5. The number of anilines is 1. The molecule has 0 unspecified atom stereocenters. The highest BCUT2D eigenvalue weighted by molar-refractivity contribution is 6.10. The Kier molecular flexibility index (Phi) is 6.43. The number of amides is 2. The van der Waals surface area contributed by atoms with E-state index < -0.39 is 5.91 Å². The largest absolute Gasteiger partial charge is 0.496 e. The first-order chi connectivity index (χ1) is 14.1. The van der Waals surface area contributed by atoms with E-state index in [1.807, 2.05) is 49.4 Å². The van der Waals surface area contributed by atoms with E-state index in [2.05, 4.69) is 10.6 Å². The molecule has 0 saturated heterocycles. The maximum atomic E-state index is 12.9. The minimum atomic E-state index is -0.428. The van der Waals surface area contributed by atoms with Crippen molar-refractivity contribution >= 4 is 23.6 Å². The number of hydrogen-bond donors (Lipinski definition) is 2. The van der Waals surface area contributed by atoms with Gasteiger partial charge in [-0.25, -0.2) is 0 Å². The van der Waals surface area contributed by atoms with Gasteiger partial charge in [-0.2, -0.15) is 0 Å². The van der Waals surface area contributed by atoms with Gasteiger partial charge in [0.1, 0.15) is 11.4 Å². The van der Waals surface area contributed by atoms with Crippen LogP contribution in [-0.2, 0) is 4.79 Å². The molecule has 0 heterocycles. The van der Waals surface area contributed by atoms with E-state index in [1.54, 1.807) is 49.6 Å². The van der Waals surface area contributed by atoms with Gasteiger partial charge in [-0.1, -0.05) is 54.1 Å². The van der Waals surface area contributed by atoms with Crippen molar-refractivity contribution in [2.24, 2.45) is 0 Å². The molecule has 29 heavy (non-hydrogen) atoms. The van der Waals surface area contributed by atoms with Gasteiger partial charge in [0.25, 0.3) is 11.8 Å². The number of methoxy groups -OCH3 is 1. The van der Waals surface area contributed by atoms with Crippen LogP contribution in [0.25, 0.3) is 6.08 Å². The molecule has 146 valence electrons.